The van der Waals surface area contributed by atoms with Crippen molar-refractivity contribution in [3.63, 3.8) is 0 Å². The Morgan fingerprint density at radius 3 is 2.69 bits per heavy atom. The minimum Gasteiger partial charge on any atom is -0.491 e. The highest BCUT2D eigenvalue weighted by Gasteiger charge is 2.21. The molecule has 0 aliphatic carbocycles. The molecule has 1 N–H and O–H groups in total. The summed E-state index contributed by atoms with van der Waals surface area (Å²) in [6.07, 6.45) is 1.07. The van der Waals surface area contributed by atoms with E-state index < -0.39 is 0 Å². The van der Waals surface area contributed by atoms with E-state index in [0.717, 1.165) is 37.4 Å². The first kappa shape index (κ1) is 20.5. The molecule has 0 bridgehead atoms. The number of amides is 2. The second kappa shape index (κ2) is 9.01. The molecule has 0 unspecified atom stereocenters. The SMILES string of the molecule is O=C(Nc1cccc(F)c1)N1CCOc2ccc(CN3CCc4ccccc4C3)cc2C1. The van der Waals surface area contributed by atoms with Crippen LogP contribution < -0.4 is 10.1 Å². The van der Waals surface area contributed by atoms with Gasteiger partial charge in [0.25, 0.3) is 0 Å². The van der Waals surface area contributed by atoms with E-state index in [4.69, 9.17) is 4.74 Å². The van der Waals surface area contributed by atoms with Gasteiger partial charge in [0.05, 0.1) is 13.1 Å². The summed E-state index contributed by atoms with van der Waals surface area (Å²) in [5, 5.41) is 2.78. The summed E-state index contributed by atoms with van der Waals surface area (Å²) in [6, 6.07) is 20.6. The van der Waals surface area contributed by atoms with Gasteiger partial charge in [0.15, 0.2) is 0 Å². The number of hydrogen-bond donors (Lipinski definition) is 1. The molecule has 6 heteroatoms. The average Bonchev–Trinajstić information content (AvgIpc) is 3.01. The van der Waals surface area contributed by atoms with E-state index in [-0.39, 0.29) is 11.8 Å². The predicted molar refractivity (Wildman–Crippen MR) is 122 cm³/mol. The summed E-state index contributed by atoms with van der Waals surface area (Å²) < 4.78 is 19.3. The van der Waals surface area contributed by atoms with Crippen molar-refractivity contribution in [2.24, 2.45) is 0 Å². The third kappa shape index (κ3) is 4.60. The maximum Gasteiger partial charge on any atom is 0.322 e. The highest BCUT2D eigenvalue weighted by atomic mass is 19.1. The van der Waals surface area contributed by atoms with Gasteiger partial charge in [0.1, 0.15) is 18.2 Å². The number of carbonyl (C=O) groups excluding carboxylic acids is 1. The summed E-state index contributed by atoms with van der Waals surface area (Å²) in [5.74, 6) is 0.441. The van der Waals surface area contributed by atoms with E-state index in [9.17, 15) is 9.18 Å². The van der Waals surface area contributed by atoms with E-state index in [1.165, 1.54) is 28.8 Å². The van der Waals surface area contributed by atoms with Crippen molar-refractivity contribution < 1.29 is 13.9 Å². The molecule has 0 saturated heterocycles. The number of urea groups is 1. The van der Waals surface area contributed by atoms with Crippen LogP contribution in [0.1, 0.15) is 22.3 Å². The Balaban J connectivity index is 1.28. The Labute approximate surface area is 187 Å². The molecule has 2 heterocycles. The summed E-state index contributed by atoms with van der Waals surface area (Å²) in [4.78, 5) is 16.9. The zero-order chi connectivity index (χ0) is 21.9. The van der Waals surface area contributed by atoms with Crippen LogP contribution in [-0.4, -0.2) is 35.5 Å². The van der Waals surface area contributed by atoms with Crippen LogP contribution in [0, 0.1) is 5.82 Å². The highest BCUT2D eigenvalue weighted by molar-refractivity contribution is 5.89. The normalized spacial score (nSPS) is 15.8. The van der Waals surface area contributed by atoms with E-state index in [0.29, 0.717) is 25.4 Å². The summed E-state index contributed by atoms with van der Waals surface area (Å²) >= 11 is 0. The largest absolute Gasteiger partial charge is 0.491 e. The molecule has 5 nitrogen and oxygen atoms in total. The molecule has 2 aliphatic heterocycles. The topological polar surface area (TPSA) is 44.8 Å². The van der Waals surface area contributed by atoms with E-state index >= 15 is 0 Å². The Kier molecular flexibility index (Phi) is 5.77. The molecule has 2 amide bonds. The van der Waals surface area contributed by atoms with Crippen molar-refractivity contribution >= 4 is 11.7 Å². The van der Waals surface area contributed by atoms with Gasteiger partial charge < -0.3 is 15.0 Å². The minimum atomic E-state index is -0.377. The first-order valence-corrected chi connectivity index (χ1v) is 11.0. The number of nitrogens with zero attached hydrogens (tertiary/aromatic N) is 2. The Bertz CT molecular complexity index is 1130. The number of rotatable bonds is 3. The lowest BCUT2D eigenvalue weighted by Crippen LogP contribution is -2.36. The number of benzene rings is 3. The lowest BCUT2D eigenvalue weighted by atomic mass is 9.99. The third-order valence-electron chi connectivity index (χ3n) is 6.08. The highest BCUT2D eigenvalue weighted by Crippen LogP contribution is 2.27. The third-order valence-corrected chi connectivity index (χ3v) is 6.08. The minimum absolute atomic E-state index is 0.259. The van der Waals surface area contributed by atoms with Crippen LogP contribution in [0.4, 0.5) is 14.9 Å². The summed E-state index contributed by atoms with van der Waals surface area (Å²) in [5.41, 5.74) is 5.49. The van der Waals surface area contributed by atoms with Crippen LogP contribution in [0.15, 0.2) is 66.7 Å². The second-order valence-corrected chi connectivity index (χ2v) is 8.38. The van der Waals surface area contributed by atoms with Crippen molar-refractivity contribution in [2.75, 3.05) is 25.0 Å². The lowest BCUT2D eigenvalue weighted by Gasteiger charge is -2.29. The Hall–Kier alpha value is -3.38. The van der Waals surface area contributed by atoms with Crippen molar-refractivity contribution in [1.82, 2.24) is 9.80 Å². The van der Waals surface area contributed by atoms with Crippen molar-refractivity contribution in [1.29, 1.82) is 0 Å². The van der Waals surface area contributed by atoms with Gasteiger partial charge in [-0.15, -0.1) is 0 Å². The van der Waals surface area contributed by atoms with Crippen LogP contribution in [0.2, 0.25) is 0 Å². The zero-order valence-electron chi connectivity index (χ0n) is 17.9. The molecule has 0 aromatic heterocycles. The number of nitrogens with one attached hydrogen (secondary N) is 1. The monoisotopic (exact) mass is 431 g/mol. The maximum absolute atomic E-state index is 13.5. The second-order valence-electron chi connectivity index (χ2n) is 8.38. The van der Waals surface area contributed by atoms with Gasteiger partial charge in [-0.1, -0.05) is 36.4 Å². The number of carbonyl (C=O) groups is 1. The van der Waals surface area contributed by atoms with Gasteiger partial charge in [-0.05, 0) is 53.4 Å². The van der Waals surface area contributed by atoms with E-state index in [2.05, 4.69) is 46.6 Å². The average molecular weight is 432 g/mol. The maximum atomic E-state index is 13.5. The van der Waals surface area contributed by atoms with Gasteiger partial charge in [0, 0.05) is 30.9 Å². The molecule has 0 atom stereocenters. The summed E-state index contributed by atoms with van der Waals surface area (Å²) in [7, 11) is 0. The van der Waals surface area contributed by atoms with Crippen molar-refractivity contribution in [3.8, 4) is 5.75 Å². The van der Waals surface area contributed by atoms with Crippen molar-refractivity contribution in [2.45, 2.75) is 26.1 Å². The van der Waals surface area contributed by atoms with Crippen molar-refractivity contribution in [3.05, 3.63) is 94.8 Å². The van der Waals surface area contributed by atoms with Gasteiger partial charge in [-0.3, -0.25) is 4.90 Å². The zero-order valence-corrected chi connectivity index (χ0v) is 17.9. The van der Waals surface area contributed by atoms with E-state index in [1.807, 2.05) is 6.07 Å². The first-order valence-electron chi connectivity index (χ1n) is 11.0. The quantitative estimate of drug-likeness (QED) is 0.647. The number of hydrogen-bond acceptors (Lipinski definition) is 3. The fraction of sp³-hybridized carbons (Fsp3) is 0.269. The molecule has 0 saturated carbocycles. The van der Waals surface area contributed by atoms with Crippen LogP contribution in [-0.2, 0) is 26.1 Å². The molecule has 0 radical (unpaired) electrons. The van der Waals surface area contributed by atoms with Crippen LogP contribution in [0.3, 0.4) is 0 Å². The number of anilines is 1. The molecular formula is C26H26FN3O2. The number of halogens is 1. The lowest BCUT2D eigenvalue weighted by molar-refractivity contribution is 0.200. The van der Waals surface area contributed by atoms with Crippen LogP contribution >= 0.6 is 0 Å². The first-order chi connectivity index (χ1) is 15.6. The standard InChI is InChI=1S/C26H26FN3O2/c27-23-6-3-7-24(15-23)28-26(31)30-12-13-32-25-9-8-19(14-22(25)18-30)16-29-11-10-20-4-1-2-5-21(20)17-29/h1-9,14-15H,10-13,16-18H2,(H,28,31). The molecular weight excluding hydrogens is 405 g/mol. The predicted octanol–water partition coefficient (Wildman–Crippen LogP) is 4.81. The molecule has 3 aromatic carbocycles. The number of fused-ring (bicyclic) bond motifs is 2. The Morgan fingerprint density at radius 1 is 0.938 bits per heavy atom. The fourth-order valence-corrected chi connectivity index (χ4v) is 4.44. The molecule has 164 valence electrons. The summed E-state index contributed by atoms with van der Waals surface area (Å²) in [6.45, 7) is 4.18. The smallest absolute Gasteiger partial charge is 0.322 e. The molecule has 0 spiro atoms. The molecule has 3 aromatic rings. The van der Waals surface area contributed by atoms with Gasteiger partial charge in [-0.25, -0.2) is 9.18 Å². The molecule has 2 aliphatic rings. The number of ether oxygens (including phenoxy) is 1. The molecule has 0 fully saturated rings. The van der Waals surface area contributed by atoms with Gasteiger partial charge >= 0.3 is 6.03 Å². The van der Waals surface area contributed by atoms with Gasteiger partial charge in [-0.2, -0.15) is 0 Å². The van der Waals surface area contributed by atoms with E-state index in [1.54, 1.807) is 17.0 Å². The van der Waals surface area contributed by atoms with Crippen LogP contribution in [0.25, 0.3) is 0 Å². The molecule has 32 heavy (non-hydrogen) atoms. The Morgan fingerprint density at radius 2 is 1.81 bits per heavy atom. The van der Waals surface area contributed by atoms with Crippen LogP contribution in [0.5, 0.6) is 5.75 Å². The fourth-order valence-electron chi connectivity index (χ4n) is 4.44. The molecule has 5 rings (SSSR count). The van der Waals surface area contributed by atoms with Gasteiger partial charge in [0.2, 0.25) is 0 Å².